The molecular weight excluding hydrogens is 200 g/mol. The van der Waals surface area contributed by atoms with Crippen LogP contribution in [0.3, 0.4) is 0 Å². The Bertz CT molecular complexity index is 409. The predicted octanol–water partition coefficient (Wildman–Crippen LogP) is 3.51. The molecule has 0 saturated heterocycles. The van der Waals surface area contributed by atoms with Crippen molar-refractivity contribution in [3.63, 3.8) is 0 Å². The number of fused-ring (bicyclic) bond motifs is 1. The average molecular weight is 208 g/mol. The molecule has 66 valence electrons. The fraction of sp³-hybridized carbons (Fsp3) is 0.111. The number of nitriles is 1. The molecular formula is C9H8N2S2. The molecule has 0 spiro atoms. The van der Waals surface area contributed by atoms with Gasteiger partial charge in [-0.15, -0.1) is 11.3 Å². The number of hydrogen-bond donors (Lipinski definition) is 0. The number of thioether (sulfide) groups is 1. The maximum atomic E-state index is 8.42. The van der Waals surface area contributed by atoms with Crippen LogP contribution in [0.2, 0.25) is 0 Å². The Kier molecular flexibility index (Phi) is 3.29. The van der Waals surface area contributed by atoms with Crippen LogP contribution in [0.25, 0.3) is 10.2 Å². The molecule has 0 fully saturated rings. The highest BCUT2D eigenvalue weighted by molar-refractivity contribution is 8.05. The number of benzene rings is 1. The fourth-order valence-corrected chi connectivity index (χ4v) is 2.40. The lowest BCUT2D eigenvalue weighted by Gasteiger charge is -1.80. The fourth-order valence-electron chi connectivity index (χ4n) is 0.934. The van der Waals surface area contributed by atoms with E-state index in [1.807, 2.05) is 29.7 Å². The Labute approximate surface area is 85.2 Å². The zero-order chi connectivity index (χ0) is 8.39. The molecule has 1 aromatic heterocycles. The molecule has 2 rings (SSSR count). The summed E-state index contributed by atoms with van der Waals surface area (Å²) in [6, 6.07) is 7.88. The summed E-state index contributed by atoms with van der Waals surface area (Å²) in [5.41, 5.74) is 0.972. The number of hydrogen-bond acceptors (Lipinski definition) is 4. The molecule has 1 aromatic carbocycles. The third-order valence-corrected chi connectivity index (χ3v) is 3.10. The molecule has 0 aliphatic rings. The van der Waals surface area contributed by atoms with Crippen molar-refractivity contribution in [3.05, 3.63) is 24.3 Å². The van der Waals surface area contributed by atoms with Gasteiger partial charge in [0.2, 0.25) is 0 Å². The van der Waals surface area contributed by atoms with E-state index < -0.39 is 0 Å². The lowest BCUT2D eigenvalue weighted by atomic mass is 10.3. The van der Waals surface area contributed by atoms with Crippen LogP contribution in [0.4, 0.5) is 0 Å². The summed E-state index contributed by atoms with van der Waals surface area (Å²) in [5.74, 6) is 0. The first kappa shape index (κ1) is 10.0. The maximum absolute atomic E-state index is 8.42. The van der Waals surface area contributed by atoms with Crippen molar-refractivity contribution in [2.24, 2.45) is 0 Å². The second-order valence-electron chi connectivity index (χ2n) is 2.14. The third kappa shape index (κ3) is 2.00. The average Bonchev–Trinajstić information content (AvgIpc) is 2.47. The Balaban J connectivity index is 0.000000845. The number of para-hydroxylation sites is 1. The van der Waals surface area contributed by atoms with E-state index in [4.69, 9.17) is 5.26 Å². The molecule has 13 heavy (non-hydrogen) atoms. The van der Waals surface area contributed by atoms with Crippen LogP contribution in [-0.2, 0) is 0 Å². The van der Waals surface area contributed by atoms with E-state index in [0.29, 0.717) is 0 Å². The van der Waals surface area contributed by atoms with Crippen molar-refractivity contribution in [1.82, 2.24) is 4.98 Å². The minimum atomic E-state index is 0. The van der Waals surface area contributed by atoms with Crippen molar-refractivity contribution < 1.29 is 0 Å². The largest absolute Gasteiger partial charge is 0.229 e. The normalized spacial score (nSPS) is 9.15. The van der Waals surface area contributed by atoms with Crippen LogP contribution >= 0.6 is 23.1 Å². The maximum Gasteiger partial charge on any atom is 0.165 e. The smallest absolute Gasteiger partial charge is 0.165 e. The topological polar surface area (TPSA) is 36.7 Å². The molecule has 0 saturated carbocycles. The zero-order valence-electron chi connectivity index (χ0n) is 6.02. The van der Waals surface area contributed by atoms with Crippen LogP contribution in [0.15, 0.2) is 28.6 Å². The summed E-state index contributed by atoms with van der Waals surface area (Å²) in [6.07, 6.45) is 0. The first-order valence-corrected chi connectivity index (χ1v) is 4.95. The van der Waals surface area contributed by atoms with Crippen molar-refractivity contribution in [1.29, 1.82) is 5.26 Å². The van der Waals surface area contributed by atoms with Crippen LogP contribution in [0.1, 0.15) is 7.43 Å². The standard InChI is InChI=1S/C8H4N2S2.CH4/c9-5-11-8-10-6-3-1-2-4-7(6)12-8;/h1-4H;1H4. The molecule has 0 radical (unpaired) electrons. The van der Waals surface area contributed by atoms with E-state index in [0.717, 1.165) is 26.3 Å². The first-order chi connectivity index (χ1) is 5.90. The summed E-state index contributed by atoms with van der Waals surface area (Å²) in [5, 5.41) is 10.4. The van der Waals surface area contributed by atoms with Gasteiger partial charge in [0.15, 0.2) is 4.34 Å². The van der Waals surface area contributed by atoms with Crippen LogP contribution < -0.4 is 0 Å². The molecule has 2 nitrogen and oxygen atoms in total. The molecule has 0 atom stereocenters. The van der Waals surface area contributed by atoms with Crippen LogP contribution in [0, 0.1) is 10.7 Å². The highest BCUT2D eigenvalue weighted by Gasteiger charge is 2.01. The molecule has 0 N–H and O–H groups in total. The van der Waals surface area contributed by atoms with E-state index >= 15 is 0 Å². The number of thiazole rings is 1. The molecule has 0 bridgehead atoms. The molecule has 2 aromatic rings. The number of aromatic nitrogens is 1. The Morgan fingerprint density at radius 2 is 2.15 bits per heavy atom. The van der Waals surface area contributed by atoms with Crippen molar-refractivity contribution in [3.8, 4) is 5.40 Å². The van der Waals surface area contributed by atoms with E-state index in [2.05, 4.69) is 4.98 Å². The number of thiocyanates is 1. The minimum Gasteiger partial charge on any atom is -0.229 e. The quantitative estimate of drug-likeness (QED) is 0.531. The van der Waals surface area contributed by atoms with E-state index in [-0.39, 0.29) is 7.43 Å². The summed E-state index contributed by atoms with van der Waals surface area (Å²) >= 11 is 2.67. The van der Waals surface area contributed by atoms with Gasteiger partial charge in [-0.2, -0.15) is 5.26 Å². The summed E-state index contributed by atoms with van der Waals surface area (Å²) in [6.45, 7) is 0. The number of rotatable bonds is 1. The van der Waals surface area contributed by atoms with Crippen molar-refractivity contribution in [2.45, 2.75) is 11.8 Å². The highest BCUT2D eigenvalue weighted by Crippen LogP contribution is 2.28. The van der Waals surface area contributed by atoms with Gasteiger partial charge in [0, 0.05) is 11.8 Å². The molecule has 0 aliphatic heterocycles. The van der Waals surface area contributed by atoms with Gasteiger partial charge in [-0.1, -0.05) is 19.6 Å². The van der Waals surface area contributed by atoms with E-state index in [9.17, 15) is 0 Å². The molecule has 0 aliphatic carbocycles. The Morgan fingerprint density at radius 1 is 1.38 bits per heavy atom. The Morgan fingerprint density at radius 3 is 2.85 bits per heavy atom. The summed E-state index contributed by atoms with van der Waals surface area (Å²) in [4.78, 5) is 4.26. The lowest BCUT2D eigenvalue weighted by molar-refractivity contribution is 1.31. The van der Waals surface area contributed by atoms with Gasteiger partial charge in [-0.05, 0) is 12.1 Å². The van der Waals surface area contributed by atoms with Crippen LogP contribution in [-0.4, -0.2) is 4.98 Å². The molecule has 1 heterocycles. The zero-order valence-corrected chi connectivity index (χ0v) is 7.65. The van der Waals surface area contributed by atoms with Gasteiger partial charge >= 0.3 is 0 Å². The van der Waals surface area contributed by atoms with E-state index in [1.54, 1.807) is 11.3 Å². The minimum absolute atomic E-state index is 0. The summed E-state index contributed by atoms with van der Waals surface area (Å²) in [7, 11) is 0. The monoisotopic (exact) mass is 208 g/mol. The third-order valence-electron chi connectivity index (χ3n) is 1.41. The van der Waals surface area contributed by atoms with Gasteiger partial charge in [-0.3, -0.25) is 0 Å². The molecule has 0 unspecified atom stereocenters. The van der Waals surface area contributed by atoms with Gasteiger partial charge in [0.25, 0.3) is 0 Å². The van der Waals surface area contributed by atoms with Gasteiger partial charge in [0.05, 0.1) is 10.2 Å². The van der Waals surface area contributed by atoms with Crippen molar-refractivity contribution in [2.75, 3.05) is 0 Å². The second kappa shape index (κ2) is 4.26. The van der Waals surface area contributed by atoms with Gasteiger partial charge in [-0.25, -0.2) is 4.98 Å². The predicted molar refractivity (Wildman–Crippen MR) is 57.8 cm³/mol. The van der Waals surface area contributed by atoms with Crippen molar-refractivity contribution >= 4 is 33.3 Å². The summed E-state index contributed by atoms with van der Waals surface area (Å²) < 4.78 is 1.95. The lowest BCUT2D eigenvalue weighted by Crippen LogP contribution is -1.64. The highest BCUT2D eigenvalue weighted by atomic mass is 32.2. The van der Waals surface area contributed by atoms with E-state index in [1.165, 1.54) is 0 Å². The Hall–Kier alpha value is -1.05. The SMILES string of the molecule is C.N#CSc1nc2ccccc2s1. The van der Waals surface area contributed by atoms with Gasteiger partial charge in [0.1, 0.15) is 5.40 Å². The first-order valence-electron chi connectivity index (χ1n) is 3.31. The van der Waals surface area contributed by atoms with Gasteiger partial charge < -0.3 is 0 Å². The number of nitrogens with zero attached hydrogens (tertiary/aromatic N) is 2. The second-order valence-corrected chi connectivity index (χ2v) is 4.20. The van der Waals surface area contributed by atoms with Crippen LogP contribution in [0.5, 0.6) is 0 Å². The molecule has 0 amide bonds. The molecule has 4 heteroatoms.